The van der Waals surface area contributed by atoms with Crippen LogP contribution in [0.4, 0.5) is 4.79 Å². The van der Waals surface area contributed by atoms with Gasteiger partial charge in [-0.1, -0.05) is 100 Å². The number of nitrogens with one attached hydrogen (secondary N) is 1. The molecule has 1 N–H and O–H groups in total. The van der Waals surface area contributed by atoms with Crippen molar-refractivity contribution in [2.45, 2.75) is 11.3 Å². The molecular formula is C27H22BrN5O2S. The molecule has 6 rings (SSSR count). The lowest BCUT2D eigenvalue weighted by atomic mass is 9.80. The summed E-state index contributed by atoms with van der Waals surface area (Å²) in [6, 6.07) is 27.0. The predicted molar refractivity (Wildman–Crippen MR) is 144 cm³/mol. The molecule has 0 saturated carbocycles. The number of carbonyl (C=O) groups excluding carboxylic acids is 1. The maximum atomic E-state index is 13.6. The Hall–Kier alpha value is -3.69. The molecule has 180 valence electrons. The first kappa shape index (κ1) is 22.8. The molecule has 2 aliphatic rings. The minimum atomic E-state index is -1.18. The van der Waals surface area contributed by atoms with Gasteiger partial charge in [-0.05, 0) is 23.8 Å². The maximum absolute atomic E-state index is 13.6. The van der Waals surface area contributed by atoms with Gasteiger partial charge in [-0.2, -0.15) is 4.68 Å². The van der Waals surface area contributed by atoms with Crippen LogP contribution in [-0.2, 0) is 11.3 Å². The third-order valence-corrected chi connectivity index (χ3v) is 8.44. The first-order valence-corrected chi connectivity index (χ1v) is 13.0. The third-order valence-electron chi connectivity index (χ3n) is 6.94. The van der Waals surface area contributed by atoms with E-state index >= 15 is 0 Å². The lowest BCUT2D eigenvalue weighted by Gasteiger charge is -2.49. The van der Waals surface area contributed by atoms with Crippen LogP contribution in [0.25, 0.3) is 6.08 Å². The van der Waals surface area contributed by atoms with E-state index in [-0.39, 0.29) is 11.6 Å². The number of thiazole rings is 1. The van der Waals surface area contributed by atoms with Crippen LogP contribution >= 0.6 is 27.3 Å². The van der Waals surface area contributed by atoms with Crippen molar-refractivity contribution >= 4 is 39.4 Å². The van der Waals surface area contributed by atoms with Crippen molar-refractivity contribution < 1.29 is 4.79 Å². The average molecular weight is 560 g/mol. The van der Waals surface area contributed by atoms with Gasteiger partial charge < -0.3 is 0 Å². The van der Waals surface area contributed by atoms with Crippen LogP contribution in [0, 0.1) is 0 Å². The van der Waals surface area contributed by atoms with Gasteiger partial charge in [-0.25, -0.2) is 9.79 Å². The minimum absolute atomic E-state index is 0.210. The van der Waals surface area contributed by atoms with Crippen LogP contribution in [0.2, 0.25) is 0 Å². The van der Waals surface area contributed by atoms with Crippen molar-refractivity contribution in [2.75, 3.05) is 19.5 Å². The largest absolute Gasteiger partial charge is 0.324 e. The Morgan fingerprint density at radius 3 is 2.17 bits per heavy atom. The zero-order valence-electron chi connectivity index (χ0n) is 19.6. The Labute approximate surface area is 219 Å². The summed E-state index contributed by atoms with van der Waals surface area (Å²) < 4.78 is 2.95. The van der Waals surface area contributed by atoms with E-state index in [0.29, 0.717) is 9.33 Å². The van der Waals surface area contributed by atoms with Crippen LogP contribution in [0.1, 0.15) is 16.7 Å². The molecule has 2 amide bonds. The third kappa shape index (κ3) is 2.99. The second-order valence-electron chi connectivity index (χ2n) is 8.82. The summed E-state index contributed by atoms with van der Waals surface area (Å²) in [7, 11) is 3.50. The number of nitrogens with zero attached hydrogens (tertiary/aromatic N) is 4. The highest BCUT2D eigenvalue weighted by Crippen LogP contribution is 2.53. The zero-order valence-corrected chi connectivity index (χ0v) is 22.0. The number of urea groups is 1. The fourth-order valence-electron chi connectivity index (χ4n) is 5.23. The lowest BCUT2D eigenvalue weighted by molar-refractivity contribution is 0.0648. The summed E-state index contributed by atoms with van der Waals surface area (Å²) in [5, 5.41) is 0. The predicted octanol–water partition coefficient (Wildman–Crippen LogP) is 3.38. The fourth-order valence-corrected chi connectivity index (χ4v) is 6.46. The number of fused-ring (bicyclic) bond motifs is 2. The number of hydrogen-bond donors (Lipinski definition) is 1. The van der Waals surface area contributed by atoms with Gasteiger partial charge >= 0.3 is 6.03 Å². The van der Waals surface area contributed by atoms with Gasteiger partial charge in [0, 0.05) is 29.7 Å². The highest BCUT2D eigenvalue weighted by Gasteiger charge is 2.69. The number of hydrogen-bond acceptors (Lipinski definition) is 5. The molecule has 2 atom stereocenters. The molecule has 1 aromatic heterocycles. The van der Waals surface area contributed by atoms with Gasteiger partial charge in [0.15, 0.2) is 0 Å². The SMILES string of the molecule is CN1C(=O)N(C)C2(c3ccccc3)Nn3c(sc(=Cc4ccccc4)c3=O)=NC12c1ccc(Br)cc1. The summed E-state index contributed by atoms with van der Waals surface area (Å²) in [6.07, 6.45) is 1.87. The average Bonchev–Trinajstić information content (AvgIpc) is 3.29. The van der Waals surface area contributed by atoms with E-state index in [4.69, 9.17) is 4.99 Å². The number of carbonyl (C=O) groups is 1. The molecule has 0 radical (unpaired) electrons. The molecule has 0 spiro atoms. The number of amides is 2. The van der Waals surface area contributed by atoms with Gasteiger partial charge in [0.2, 0.25) is 16.1 Å². The van der Waals surface area contributed by atoms with Gasteiger partial charge in [-0.3, -0.25) is 20.0 Å². The van der Waals surface area contributed by atoms with Crippen molar-refractivity contribution in [1.29, 1.82) is 0 Å². The lowest BCUT2D eigenvalue weighted by Crippen LogP contribution is -2.67. The van der Waals surface area contributed by atoms with Crippen LogP contribution in [-0.4, -0.2) is 34.6 Å². The Balaban J connectivity index is 1.72. The molecule has 4 aromatic rings. The molecule has 0 bridgehead atoms. The van der Waals surface area contributed by atoms with E-state index < -0.39 is 11.3 Å². The normalized spacial score (nSPS) is 23.2. The van der Waals surface area contributed by atoms with Crippen LogP contribution < -0.4 is 20.3 Å². The Kier molecular flexibility index (Phi) is 5.17. The highest BCUT2D eigenvalue weighted by molar-refractivity contribution is 9.10. The second-order valence-corrected chi connectivity index (χ2v) is 10.7. The monoisotopic (exact) mass is 559 g/mol. The van der Waals surface area contributed by atoms with E-state index in [9.17, 15) is 9.59 Å². The smallest absolute Gasteiger partial charge is 0.295 e. The van der Waals surface area contributed by atoms with Crippen molar-refractivity contribution in [3.8, 4) is 0 Å². The van der Waals surface area contributed by atoms with Gasteiger partial charge in [0.05, 0.1) is 4.53 Å². The first-order chi connectivity index (χ1) is 17.4. The fraction of sp³-hybridized carbons (Fsp3) is 0.148. The topological polar surface area (TPSA) is 69.9 Å². The quantitative estimate of drug-likeness (QED) is 0.418. The van der Waals surface area contributed by atoms with E-state index in [1.165, 1.54) is 16.0 Å². The molecule has 9 heteroatoms. The summed E-state index contributed by atoms with van der Waals surface area (Å²) in [6.45, 7) is 0. The molecule has 3 heterocycles. The van der Waals surface area contributed by atoms with Gasteiger partial charge in [-0.15, -0.1) is 0 Å². The summed E-state index contributed by atoms with van der Waals surface area (Å²) in [4.78, 5) is 36.3. The molecule has 1 fully saturated rings. The Morgan fingerprint density at radius 2 is 1.50 bits per heavy atom. The number of rotatable bonds is 3. The number of benzene rings is 3. The van der Waals surface area contributed by atoms with Crippen LogP contribution in [0.3, 0.4) is 0 Å². The Morgan fingerprint density at radius 1 is 0.861 bits per heavy atom. The van der Waals surface area contributed by atoms with Crippen LogP contribution in [0.5, 0.6) is 0 Å². The molecule has 3 aromatic carbocycles. The Bertz CT molecular complexity index is 1650. The standard InChI is InChI=1S/C27H22BrN5O2S/c1-31-25(35)32(2)27(19-11-7-4-8-12-19)26(31,20-13-15-21(28)16-14-20)29-24-33(30-27)23(34)22(36-24)17-18-9-5-3-6-10-18/h3-17,30H,1-2H3. The molecule has 1 saturated heterocycles. The molecule has 2 aliphatic heterocycles. The van der Waals surface area contributed by atoms with E-state index in [0.717, 1.165) is 21.2 Å². The first-order valence-electron chi connectivity index (χ1n) is 11.4. The molecule has 7 nitrogen and oxygen atoms in total. The van der Waals surface area contributed by atoms with Crippen molar-refractivity contribution in [2.24, 2.45) is 4.99 Å². The number of halogens is 1. The van der Waals surface area contributed by atoms with Crippen molar-refractivity contribution in [3.05, 3.63) is 126 Å². The maximum Gasteiger partial charge on any atom is 0.324 e. The summed E-state index contributed by atoms with van der Waals surface area (Å²) in [5.41, 5.74) is 3.47. The number of aromatic nitrogens is 1. The van der Waals surface area contributed by atoms with Gasteiger partial charge in [0.1, 0.15) is 0 Å². The van der Waals surface area contributed by atoms with E-state index in [2.05, 4.69) is 21.4 Å². The molecule has 0 aliphatic carbocycles. The van der Waals surface area contributed by atoms with E-state index in [1.807, 2.05) is 91.0 Å². The minimum Gasteiger partial charge on any atom is -0.295 e. The zero-order chi connectivity index (χ0) is 25.1. The summed E-state index contributed by atoms with van der Waals surface area (Å²) in [5.74, 6) is 0. The molecule has 2 unspecified atom stereocenters. The van der Waals surface area contributed by atoms with Crippen LogP contribution in [0.15, 0.2) is 99.2 Å². The molecular weight excluding hydrogens is 538 g/mol. The van der Waals surface area contributed by atoms with Gasteiger partial charge in [0.25, 0.3) is 5.56 Å². The molecule has 36 heavy (non-hydrogen) atoms. The van der Waals surface area contributed by atoms with E-state index in [1.54, 1.807) is 23.9 Å². The van der Waals surface area contributed by atoms with Crippen molar-refractivity contribution in [3.63, 3.8) is 0 Å². The summed E-state index contributed by atoms with van der Waals surface area (Å²) >= 11 is 4.82. The van der Waals surface area contributed by atoms with Crippen molar-refractivity contribution in [1.82, 2.24) is 14.5 Å². The second kappa shape index (κ2) is 8.18. The highest BCUT2D eigenvalue weighted by atomic mass is 79.9. The number of likely N-dealkylation sites (N-methyl/N-ethyl adjacent to an activating group) is 2.